The lowest BCUT2D eigenvalue weighted by Gasteiger charge is -2.07. The number of nitrogens with one attached hydrogen (secondary N) is 2. The van der Waals surface area contributed by atoms with Crippen molar-refractivity contribution < 1.29 is 26.0 Å². The Morgan fingerprint density at radius 1 is 1.15 bits per heavy atom. The number of H-pyrrole nitrogens is 1. The van der Waals surface area contributed by atoms with Gasteiger partial charge >= 0.3 is 6.18 Å². The lowest BCUT2D eigenvalue weighted by molar-refractivity contribution is -0.141. The largest absolute Gasteiger partial charge is 0.432 e. The van der Waals surface area contributed by atoms with Crippen molar-refractivity contribution in [2.24, 2.45) is 0 Å². The molecule has 0 unspecified atom stereocenters. The number of sulfonamides is 1. The summed E-state index contributed by atoms with van der Waals surface area (Å²) >= 11 is 1.00. The molecule has 0 fully saturated rings. The van der Waals surface area contributed by atoms with Crippen LogP contribution in [0.25, 0.3) is 10.6 Å². The monoisotopic (exact) mass is 405 g/mol. The molecule has 1 aromatic carbocycles. The number of rotatable bonds is 4. The predicted octanol–water partition coefficient (Wildman–Crippen LogP) is 4.41. The summed E-state index contributed by atoms with van der Waals surface area (Å²) in [6.07, 6.45) is -4.57. The molecule has 3 rings (SSSR count). The lowest BCUT2D eigenvalue weighted by atomic mass is 10.3. The fourth-order valence-electron chi connectivity index (χ4n) is 2.18. The zero-order valence-corrected chi connectivity index (χ0v) is 14.7. The molecular formula is C15H11F4N3O2S2. The van der Waals surface area contributed by atoms with E-state index < -0.39 is 27.7 Å². The number of benzene rings is 1. The maximum absolute atomic E-state index is 12.9. The molecule has 2 aromatic heterocycles. The molecule has 0 bridgehead atoms. The Morgan fingerprint density at radius 2 is 1.81 bits per heavy atom. The Labute approximate surface area is 149 Å². The number of aromatic nitrogens is 2. The van der Waals surface area contributed by atoms with Gasteiger partial charge in [0.25, 0.3) is 10.0 Å². The van der Waals surface area contributed by atoms with Crippen molar-refractivity contribution in [1.29, 1.82) is 0 Å². The van der Waals surface area contributed by atoms with Crippen LogP contribution < -0.4 is 4.72 Å². The first-order valence-electron chi connectivity index (χ1n) is 7.08. The number of hydrogen-bond donors (Lipinski definition) is 2. The van der Waals surface area contributed by atoms with E-state index in [1.54, 1.807) is 0 Å². The summed E-state index contributed by atoms with van der Waals surface area (Å²) < 4.78 is 78.2. The molecule has 3 aromatic rings. The molecule has 0 spiro atoms. The number of halogens is 4. The van der Waals surface area contributed by atoms with Crippen LogP contribution >= 0.6 is 11.3 Å². The minimum atomic E-state index is -4.57. The third-order valence-corrected chi connectivity index (χ3v) is 6.10. The molecule has 0 saturated heterocycles. The Hall–Kier alpha value is -2.40. The van der Waals surface area contributed by atoms with Crippen molar-refractivity contribution in [1.82, 2.24) is 10.2 Å². The SMILES string of the molecule is Cc1sc(-c2cc(C(F)(F)F)[nH]n2)cc1S(=O)(=O)Nc1ccc(F)cc1. The van der Waals surface area contributed by atoms with Crippen LogP contribution in [0.5, 0.6) is 0 Å². The Balaban J connectivity index is 1.92. The molecule has 5 nitrogen and oxygen atoms in total. The normalized spacial score (nSPS) is 12.3. The fourth-order valence-corrected chi connectivity index (χ4v) is 4.79. The molecule has 0 aliphatic carbocycles. The van der Waals surface area contributed by atoms with Crippen LogP contribution in [-0.2, 0) is 16.2 Å². The number of nitrogens with zero attached hydrogens (tertiary/aromatic N) is 1. The number of hydrogen-bond acceptors (Lipinski definition) is 4. The summed E-state index contributed by atoms with van der Waals surface area (Å²) in [5, 5.41) is 5.48. The van der Waals surface area contributed by atoms with Crippen molar-refractivity contribution >= 4 is 27.0 Å². The Kier molecular flexibility index (Phi) is 4.53. The van der Waals surface area contributed by atoms with E-state index >= 15 is 0 Å². The van der Waals surface area contributed by atoms with Gasteiger partial charge in [-0.05, 0) is 43.3 Å². The summed E-state index contributed by atoms with van der Waals surface area (Å²) in [5.41, 5.74) is -0.862. The molecule has 0 aliphatic heterocycles. The first-order valence-corrected chi connectivity index (χ1v) is 9.38. The van der Waals surface area contributed by atoms with E-state index in [-0.39, 0.29) is 21.2 Å². The van der Waals surface area contributed by atoms with Gasteiger partial charge in [0.2, 0.25) is 0 Å². The van der Waals surface area contributed by atoms with Crippen molar-refractivity contribution in [3.8, 4) is 10.6 Å². The van der Waals surface area contributed by atoms with Crippen molar-refractivity contribution in [3.05, 3.63) is 52.8 Å². The van der Waals surface area contributed by atoms with Crippen LogP contribution in [0.1, 0.15) is 10.6 Å². The molecule has 138 valence electrons. The summed E-state index contributed by atoms with van der Waals surface area (Å²) in [5.74, 6) is -0.513. The van der Waals surface area contributed by atoms with E-state index in [2.05, 4.69) is 9.82 Å². The molecule has 0 atom stereocenters. The first kappa shape index (κ1) is 18.4. The average molecular weight is 405 g/mol. The van der Waals surface area contributed by atoms with Gasteiger partial charge in [-0.2, -0.15) is 18.3 Å². The quantitative estimate of drug-likeness (QED) is 0.632. The maximum atomic E-state index is 12.9. The Bertz CT molecular complexity index is 1040. The minimum absolute atomic E-state index is 0.00587. The average Bonchev–Trinajstić information content (AvgIpc) is 3.15. The van der Waals surface area contributed by atoms with Crippen LogP contribution in [0.2, 0.25) is 0 Å². The van der Waals surface area contributed by atoms with Gasteiger partial charge < -0.3 is 0 Å². The maximum Gasteiger partial charge on any atom is 0.432 e. The van der Waals surface area contributed by atoms with Gasteiger partial charge in [0.1, 0.15) is 22.1 Å². The summed E-state index contributed by atoms with van der Waals surface area (Å²) in [6.45, 7) is 1.53. The summed E-state index contributed by atoms with van der Waals surface area (Å²) in [6, 6.07) is 6.80. The lowest BCUT2D eigenvalue weighted by Crippen LogP contribution is -2.13. The second kappa shape index (κ2) is 6.40. The van der Waals surface area contributed by atoms with E-state index in [0.717, 1.165) is 29.5 Å². The third-order valence-electron chi connectivity index (χ3n) is 3.39. The van der Waals surface area contributed by atoms with E-state index in [1.165, 1.54) is 25.1 Å². The molecule has 0 radical (unpaired) electrons. The van der Waals surface area contributed by atoms with Gasteiger partial charge in [0.05, 0.1) is 4.88 Å². The first-order chi connectivity index (χ1) is 12.1. The van der Waals surface area contributed by atoms with Gasteiger partial charge in [0.15, 0.2) is 0 Å². The van der Waals surface area contributed by atoms with Crippen molar-refractivity contribution in [2.45, 2.75) is 18.0 Å². The van der Waals surface area contributed by atoms with Crippen LogP contribution in [0.3, 0.4) is 0 Å². The minimum Gasteiger partial charge on any atom is -0.280 e. The smallest absolute Gasteiger partial charge is 0.280 e. The molecular weight excluding hydrogens is 394 g/mol. The summed E-state index contributed by atoms with van der Waals surface area (Å²) in [4.78, 5) is 0.568. The van der Waals surface area contributed by atoms with E-state index in [4.69, 9.17) is 0 Å². The molecule has 0 saturated carbocycles. The molecule has 2 N–H and O–H groups in total. The van der Waals surface area contributed by atoms with Crippen LogP contribution in [0, 0.1) is 12.7 Å². The summed E-state index contributed by atoms with van der Waals surface area (Å²) in [7, 11) is -3.99. The van der Waals surface area contributed by atoms with Crippen LogP contribution in [-0.4, -0.2) is 18.6 Å². The number of aromatic amines is 1. The van der Waals surface area contributed by atoms with Gasteiger partial charge in [-0.3, -0.25) is 9.82 Å². The highest BCUT2D eigenvalue weighted by Gasteiger charge is 2.33. The van der Waals surface area contributed by atoms with Crippen LogP contribution in [0.15, 0.2) is 41.3 Å². The number of anilines is 1. The van der Waals surface area contributed by atoms with Crippen molar-refractivity contribution in [2.75, 3.05) is 4.72 Å². The highest BCUT2D eigenvalue weighted by atomic mass is 32.2. The highest BCUT2D eigenvalue weighted by molar-refractivity contribution is 7.93. The predicted molar refractivity (Wildman–Crippen MR) is 88.8 cm³/mol. The number of thiophene rings is 1. The highest BCUT2D eigenvalue weighted by Crippen LogP contribution is 2.36. The van der Waals surface area contributed by atoms with Crippen molar-refractivity contribution in [3.63, 3.8) is 0 Å². The molecule has 2 heterocycles. The Morgan fingerprint density at radius 3 is 2.38 bits per heavy atom. The molecule has 0 amide bonds. The molecule has 11 heteroatoms. The second-order valence-corrected chi connectivity index (χ2v) is 8.22. The van der Waals surface area contributed by atoms with Gasteiger partial charge in [0, 0.05) is 10.6 Å². The number of aryl methyl sites for hydroxylation is 1. The second-order valence-electron chi connectivity index (χ2n) is 5.31. The topological polar surface area (TPSA) is 74.8 Å². The van der Waals surface area contributed by atoms with Gasteiger partial charge in [-0.1, -0.05) is 0 Å². The number of alkyl halides is 3. The molecule has 26 heavy (non-hydrogen) atoms. The van der Waals surface area contributed by atoms with E-state index in [1.807, 2.05) is 5.10 Å². The van der Waals surface area contributed by atoms with Gasteiger partial charge in [-0.25, -0.2) is 12.8 Å². The zero-order valence-electron chi connectivity index (χ0n) is 13.1. The van der Waals surface area contributed by atoms with Gasteiger partial charge in [-0.15, -0.1) is 11.3 Å². The zero-order chi connectivity index (χ0) is 19.1. The fraction of sp³-hybridized carbons (Fsp3) is 0.133. The third kappa shape index (κ3) is 3.73. The van der Waals surface area contributed by atoms with E-state index in [9.17, 15) is 26.0 Å². The van der Waals surface area contributed by atoms with E-state index in [0.29, 0.717) is 4.88 Å². The van der Waals surface area contributed by atoms with Crippen LogP contribution in [0.4, 0.5) is 23.2 Å². The standard InChI is InChI=1S/C15H11F4N3O2S2/c1-8-13(26(23,24)22-10-4-2-9(16)3-5-10)7-12(25-8)11-6-14(21-20-11)15(17,18)19/h2-7,22H,1H3,(H,20,21). The molecule has 0 aliphatic rings.